The summed E-state index contributed by atoms with van der Waals surface area (Å²) in [6.45, 7) is 6.25. The molecule has 0 radical (unpaired) electrons. The second kappa shape index (κ2) is 9.29. The van der Waals surface area contributed by atoms with Crippen LogP contribution in [0.3, 0.4) is 0 Å². The van der Waals surface area contributed by atoms with Crippen molar-refractivity contribution in [3.8, 4) is 22.6 Å². The van der Waals surface area contributed by atoms with Crippen molar-refractivity contribution in [1.29, 1.82) is 0 Å². The molecule has 152 valence electrons. The van der Waals surface area contributed by atoms with Gasteiger partial charge in [-0.3, -0.25) is 0 Å². The molecular weight excluding hydrogens is 370 g/mol. The molecule has 3 aromatic rings. The van der Waals surface area contributed by atoms with Gasteiger partial charge in [-0.25, -0.2) is 4.79 Å². The third-order valence-electron chi connectivity index (χ3n) is 4.36. The number of benzene rings is 2. The number of carbonyl (C=O) groups excluding carboxylic acids is 1. The van der Waals surface area contributed by atoms with Crippen molar-refractivity contribution in [3.63, 3.8) is 0 Å². The monoisotopic (exact) mass is 395 g/mol. The molecule has 0 bridgehead atoms. The van der Waals surface area contributed by atoms with Crippen LogP contribution in [0.15, 0.2) is 42.5 Å². The van der Waals surface area contributed by atoms with Crippen molar-refractivity contribution in [2.24, 2.45) is 0 Å². The predicted molar refractivity (Wildman–Crippen MR) is 109 cm³/mol. The number of amides is 1. The molecule has 0 spiro atoms. The van der Waals surface area contributed by atoms with E-state index in [1.165, 1.54) is 5.56 Å². The van der Waals surface area contributed by atoms with Crippen LogP contribution in [0, 0.1) is 6.92 Å². The first-order valence-corrected chi connectivity index (χ1v) is 9.47. The molecule has 0 aliphatic carbocycles. The van der Waals surface area contributed by atoms with Crippen molar-refractivity contribution in [2.45, 2.75) is 33.2 Å². The molecule has 1 amide bonds. The zero-order valence-electron chi connectivity index (χ0n) is 17.0. The molecule has 1 N–H and O–H groups in total. The van der Waals surface area contributed by atoms with Gasteiger partial charge in [-0.15, -0.1) is 5.10 Å². The van der Waals surface area contributed by atoms with Gasteiger partial charge in [0, 0.05) is 19.6 Å². The second-order valence-corrected chi connectivity index (χ2v) is 6.83. The van der Waals surface area contributed by atoms with Gasteiger partial charge in [0.15, 0.2) is 5.82 Å². The lowest BCUT2D eigenvalue weighted by Gasteiger charge is -2.14. The largest absolute Gasteiger partial charge is 0.412 e. The van der Waals surface area contributed by atoms with E-state index in [4.69, 9.17) is 9.47 Å². The molecule has 3 rings (SSSR count). The number of carbonyl (C=O) groups is 1. The Labute approximate surface area is 169 Å². The molecule has 29 heavy (non-hydrogen) atoms. The van der Waals surface area contributed by atoms with E-state index in [9.17, 15) is 4.79 Å². The first kappa shape index (κ1) is 20.5. The summed E-state index contributed by atoms with van der Waals surface area (Å²) < 4.78 is 12.2. The van der Waals surface area contributed by atoms with Gasteiger partial charge in [-0.1, -0.05) is 36.8 Å². The van der Waals surface area contributed by atoms with E-state index >= 15 is 0 Å². The van der Waals surface area contributed by atoms with Crippen molar-refractivity contribution in [2.75, 3.05) is 13.7 Å². The van der Waals surface area contributed by atoms with E-state index in [0.717, 1.165) is 22.6 Å². The Morgan fingerprint density at radius 3 is 2.62 bits per heavy atom. The minimum atomic E-state index is -0.547. The Morgan fingerprint density at radius 2 is 1.93 bits per heavy atom. The third-order valence-corrected chi connectivity index (χ3v) is 4.36. The Kier molecular flexibility index (Phi) is 6.56. The molecular formula is C21H25N5O3. The van der Waals surface area contributed by atoms with Crippen LogP contribution < -0.4 is 10.1 Å². The van der Waals surface area contributed by atoms with Gasteiger partial charge in [-0.2, -0.15) is 4.68 Å². The second-order valence-electron chi connectivity index (χ2n) is 6.83. The van der Waals surface area contributed by atoms with Gasteiger partial charge in [-0.05, 0) is 47.5 Å². The van der Waals surface area contributed by atoms with E-state index in [2.05, 4.69) is 20.8 Å². The third kappa shape index (κ3) is 5.17. The topological polar surface area (TPSA) is 91.2 Å². The summed E-state index contributed by atoms with van der Waals surface area (Å²) in [5.74, 6) is 1.12. The molecule has 1 atom stereocenters. The normalized spacial score (nSPS) is 11.9. The molecule has 8 nitrogen and oxygen atoms in total. The Bertz CT molecular complexity index is 969. The average Bonchev–Trinajstić information content (AvgIpc) is 3.17. The number of aryl methyl sites for hydroxylation is 2. The number of rotatable bonds is 7. The highest BCUT2D eigenvalue weighted by atomic mass is 16.6. The molecule has 0 fully saturated rings. The van der Waals surface area contributed by atoms with E-state index < -0.39 is 6.09 Å². The minimum Gasteiger partial charge on any atom is -0.410 e. The van der Waals surface area contributed by atoms with Crippen molar-refractivity contribution < 1.29 is 14.3 Å². The molecule has 1 unspecified atom stereocenters. The van der Waals surface area contributed by atoms with Crippen LogP contribution in [0.4, 0.5) is 4.79 Å². The SMILES string of the molecule is CCc1nnnn1-c1cc(OC(=O)NC(C)COC)cc(-c2ccc(C)cc2)c1. The Morgan fingerprint density at radius 1 is 1.17 bits per heavy atom. The summed E-state index contributed by atoms with van der Waals surface area (Å²) in [4.78, 5) is 12.3. The van der Waals surface area contributed by atoms with Crippen LogP contribution in [0.2, 0.25) is 0 Å². The van der Waals surface area contributed by atoms with Gasteiger partial charge < -0.3 is 14.8 Å². The fourth-order valence-corrected chi connectivity index (χ4v) is 2.93. The molecule has 0 aliphatic rings. The maximum atomic E-state index is 12.3. The standard InChI is InChI=1S/C21H25N5O3/c1-5-20-23-24-25-26(20)18-10-17(16-8-6-14(2)7-9-16)11-19(12-18)29-21(27)22-15(3)13-28-4/h6-12,15H,5,13H2,1-4H3,(H,22,27). The van der Waals surface area contributed by atoms with E-state index in [1.54, 1.807) is 17.9 Å². The molecule has 0 saturated heterocycles. The summed E-state index contributed by atoms with van der Waals surface area (Å²) in [6, 6.07) is 13.5. The van der Waals surface area contributed by atoms with Gasteiger partial charge in [0.1, 0.15) is 5.75 Å². The number of methoxy groups -OCH3 is 1. The minimum absolute atomic E-state index is 0.168. The fraction of sp³-hybridized carbons (Fsp3) is 0.333. The maximum absolute atomic E-state index is 12.3. The Hall–Kier alpha value is -3.26. The maximum Gasteiger partial charge on any atom is 0.412 e. The molecule has 0 aliphatic heterocycles. The van der Waals surface area contributed by atoms with Crippen molar-refractivity contribution in [1.82, 2.24) is 25.5 Å². The van der Waals surface area contributed by atoms with Gasteiger partial charge >= 0.3 is 6.09 Å². The van der Waals surface area contributed by atoms with Crippen molar-refractivity contribution >= 4 is 6.09 Å². The highest BCUT2D eigenvalue weighted by Crippen LogP contribution is 2.28. The van der Waals surface area contributed by atoms with Crippen LogP contribution in [-0.4, -0.2) is 46.1 Å². The molecule has 1 aromatic heterocycles. The average molecular weight is 395 g/mol. The summed E-state index contributed by atoms with van der Waals surface area (Å²) >= 11 is 0. The highest BCUT2D eigenvalue weighted by Gasteiger charge is 2.14. The number of tetrazole rings is 1. The van der Waals surface area contributed by atoms with E-state index in [-0.39, 0.29) is 6.04 Å². The highest BCUT2D eigenvalue weighted by molar-refractivity contribution is 5.74. The number of nitrogens with zero attached hydrogens (tertiary/aromatic N) is 4. The number of nitrogens with one attached hydrogen (secondary N) is 1. The van der Waals surface area contributed by atoms with E-state index in [0.29, 0.717) is 18.8 Å². The van der Waals surface area contributed by atoms with Crippen molar-refractivity contribution in [3.05, 3.63) is 53.9 Å². The first-order chi connectivity index (χ1) is 14.0. The van der Waals surface area contributed by atoms with Gasteiger partial charge in [0.25, 0.3) is 0 Å². The first-order valence-electron chi connectivity index (χ1n) is 9.47. The summed E-state index contributed by atoms with van der Waals surface area (Å²) in [6.07, 6.45) is 0.126. The lowest BCUT2D eigenvalue weighted by molar-refractivity contribution is 0.159. The lowest BCUT2D eigenvalue weighted by atomic mass is 10.0. The lowest BCUT2D eigenvalue weighted by Crippen LogP contribution is -2.37. The van der Waals surface area contributed by atoms with Crippen LogP contribution in [0.5, 0.6) is 5.75 Å². The van der Waals surface area contributed by atoms with E-state index in [1.807, 2.05) is 57.2 Å². The number of hydrogen-bond acceptors (Lipinski definition) is 6. The number of hydrogen-bond donors (Lipinski definition) is 1. The van der Waals surface area contributed by atoms with Crippen LogP contribution in [-0.2, 0) is 11.2 Å². The molecule has 1 heterocycles. The van der Waals surface area contributed by atoms with Crippen LogP contribution in [0.1, 0.15) is 25.2 Å². The Balaban J connectivity index is 1.96. The zero-order valence-corrected chi connectivity index (χ0v) is 17.0. The van der Waals surface area contributed by atoms with Crippen LogP contribution in [0.25, 0.3) is 16.8 Å². The summed E-state index contributed by atoms with van der Waals surface area (Å²) in [5, 5.41) is 14.6. The zero-order chi connectivity index (χ0) is 20.8. The quantitative estimate of drug-likeness (QED) is 0.660. The molecule has 0 saturated carbocycles. The van der Waals surface area contributed by atoms with Gasteiger partial charge in [0.2, 0.25) is 0 Å². The predicted octanol–water partition coefficient (Wildman–Crippen LogP) is 3.32. The number of aromatic nitrogens is 4. The molecule has 8 heteroatoms. The van der Waals surface area contributed by atoms with Gasteiger partial charge in [0.05, 0.1) is 18.3 Å². The number of ether oxygens (including phenoxy) is 2. The fourth-order valence-electron chi connectivity index (χ4n) is 2.93. The smallest absolute Gasteiger partial charge is 0.410 e. The summed E-state index contributed by atoms with van der Waals surface area (Å²) in [5.41, 5.74) is 3.79. The molecule has 2 aromatic carbocycles. The summed E-state index contributed by atoms with van der Waals surface area (Å²) in [7, 11) is 1.58. The van der Waals surface area contributed by atoms with Crippen LogP contribution >= 0.6 is 0 Å².